The first-order chi connectivity index (χ1) is 17.7. The topological polar surface area (TPSA) is 89.0 Å². The van der Waals surface area contributed by atoms with Gasteiger partial charge in [0.25, 0.3) is 5.91 Å². The summed E-state index contributed by atoms with van der Waals surface area (Å²) in [5.41, 5.74) is 1.17. The summed E-state index contributed by atoms with van der Waals surface area (Å²) < 4.78 is 52.0. The van der Waals surface area contributed by atoms with Gasteiger partial charge in [0.1, 0.15) is 22.8 Å². The second-order valence-electron chi connectivity index (χ2n) is 8.53. The van der Waals surface area contributed by atoms with Crippen LogP contribution in [-0.2, 0) is 17.6 Å². The highest BCUT2D eigenvalue weighted by Gasteiger charge is 2.25. The molecular weight excluding hydrogens is 513 g/mol. The average molecular weight is 537 g/mol. The monoisotopic (exact) mass is 536 g/mol. The molecule has 1 saturated heterocycles. The summed E-state index contributed by atoms with van der Waals surface area (Å²) in [4.78, 5) is 29.9. The quantitative estimate of drug-likeness (QED) is 0.389. The molecule has 0 saturated carbocycles. The molecule has 0 bridgehead atoms. The number of fused-ring (bicyclic) bond motifs is 1. The number of rotatable bonds is 9. The Morgan fingerprint density at radius 1 is 1.19 bits per heavy atom. The fourth-order valence-electron chi connectivity index (χ4n) is 4.43. The molecule has 1 fully saturated rings. The Morgan fingerprint density at radius 3 is 2.54 bits per heavy atom. The second-order valence-corrected chi connectivity index (χ2v) is 8.94. The average Bonchev–Trinajstić information content (AvgIpc) is 3.40. The van der Waals surface area contributed by atoms with E-state index in [4.69, 9.17) is 26.2 Å². The lowest BCUT2D eigenvalue weighted by Crippen LogP contribution is -2.27. The lowest BCUT2D eigenvalue weighted by Gasteiger charge is -2.20. The highest BCUT2D eigenvalue weighted by atomic mass is 35.5. The third-order valence-electron chi connectivity index (χ3n) is 6.14. The molecule has 2 aromatic carbocycles. The van der Waals surface area contributed by atoms with Crippen molar-refractivity contribution in [2.75, 3.05) is 19.7 Å². The summed E-state index contributed by atoms with van der Waals surface area (Å²) in [5, 5.41) is 9.05. The van der Waals surface area contributed by atoms with Gasteiger partial charge in [-0.05, 0) is 49.1 Å². The predicted molar refractivity (Wildman–Crippen MR) is 130 cm³/mol. The fraction of sp³-hybridized carbons (Fsp3) is 0.346. The fourth-order valence-corrected chi connectivity index (χ4v) is 4.68. The molecule has 0 radical (unpaired) electrons. The SMILES string of the molecule is CCc1nc2c(F)ccc(OCC(=O)O)c2c(OC(F)F)c1Cc1ccc(C(=O)N2CCCC2)cc1Cl. The number of benzene rings is 2. The molecule has 0 spiro atoms. The van der Waals surface area contributed by atoms with E-state index < -0.39 is 25.0 Å². The summed E-state index contributed by atoms with van der Waals surface area (Å²) in [6, 6.07) is 6.95. The number of halogens is 4. The van der Waals surface area contributed by atoms with Crippen molar-refractivity contribution in [1.82, 2.24) is 9.88 Å². The summed E-state index contributed by atoms with van der Waals surface area (Å²) in [6.07, 6.45) is 2.13. The normalized spacial score (nSPS) is 13.4. The summed E-state index contributed by atoms with van der Waals surface area (Å²) >= 11 is 6.51. The van der Waals surface area contributed by atoms with Gasteiger partial charge >= 0.3 is 12.6 Å². The van der Waals surface area contributed by atoms with E-state index in [9.17, 15) is 22.8 Å². The van der Waals surface area contributed by atoms with Crippen molar-refractivity contribution in [1.29, 1.82) is 0 Å². The van der Waals surface area contributed by atoms with Crippen molar-refractivity contribution >= 4 is 34.4 Å². The highest BCUT2D eigenvalue weighted by Crippen LogP contribution is 2.41. The Balaban J connectivity index is 1.82. The maximum absolute atomic E-state index is 14.7. The molecule has 196 valence electrons. The molecule has 1 aliphatic rings. The third kappa shape index (κ3) is 5.74. The Hall–Kier alpha value is -3.53. The number of aromatic nitrogens is 1. The number of pyridine rings is 1. The number of amides is 1. The molecule has 1 aromatic heterocycles. The van der Waals surface area contributed by atoms with Crippen LogP contribution in [-0.4, -0.2) is 53.2 Å². The number of carbonyl (C=O) groups excluding carboxylic acids is 1. The van der Waals surface area contributed by atoms with E-state index in [1.54, 1.807) is 24.0 Å². The van der Waals surface area contributed by atoms with Crippen LogP contribution < -0.4 is 9.47 Å². The van der Waals surface area contributed by atoms with Crippen LogP contribution >= 0.6 is 11.6 Å². The van der Waals surface area contributed by atoms with Crippen LogP contribution in [0.25, 0.3) is 10.9 Å². The van der Waals surface area contributed by atoms with Gasteiger partial charge in [-0.3, -0.25) is 4.79 Å². The molecule has 1 amide bonds. The van der Waals surface area contributed by atoms with Gasteiger partial charge < -0.3 is 19.5 Å². The number of alkyl halides is 2. The number of aryl methyl sites for hydroxylation is 1. The molecule has 37 heavy (non-hydrogen) atoms. The van der Waals surface area contributed by atoms with Crippen LogP contribution in [0.4, 0.5) is 13.2 Å². The molecule has 4 rings (SSSR count). The molecule has 1 aliphatic heterocycles. The lowest BCUT2D eigenvalue weighted by molar-refractivity contribution is -0.139. The van der Waals surface area contributed by atoms with Gasteiger partial charge in [0.2, 0.25) is 0 Å². The van der Waals surface area contributed by atoms with Gasteiger partial charge in [-0.25, -0.2) is 14.2 Å². The number of likely N-dealkylation sites (tertiary alicyclic amines) is 1. The Bertz CT molecular complexity index is 1350. The number of aliphatic carboxylic acids is 1. The lowest BCUT2D eigenvalue weighted by atomic mass is 9.97. The third-order valence-corrected chi connectivity index (χ3v) is 6.49. The van der Waals surface area contributed by atoms with E-state index >= 15 is 0 Å². The Kier molecular flexibility index (Phi) is 8.06. The van der Waals surface area contributed by atoms with Gasteiger partial charge in [-0.15, -0.1) is 0 Å². The van der Waals surface area contributed by atoms with E-state index in [-0.39, 0.29) is 51.7 Å². The van der Waals surface area contributed by atoms with Crippen molar-refractivity contribution < 1.29 is 37.3 Å². The van der Waals surface area contributed by atoms with Crippen LogP contribution in [0, 0.1) is 5.82 Å². The molecule has 11 heteroatoms. The molecule has 2 heterocycles. The maximum Gasteiger partial charge on any atom is 0.387 e. The van der Waals surface area contributed by atoms with Crippen molar-refractivity contribution in [3.05, 3.63) is 63.6 Å². The first kappa shape index (κ1) is 26.5. The zero-order chi connectivity index (χ0) is 26.7. The first-order valence-electron chi connectivity index (χ1n) is 11.7. The summed E-state index contributed by atoms with van der Waals surface area (Å²) in [6.45, 7) is -0.958. The number of ether oxygens (including phenoxy) is 2. The largest absolute Gasteiger partial charge is 0.481 e. The van der Waals surface area contributed by atoms with E-state index in [1.165, 1.54) is 6.07 Å². The zero-order valence-corrected chi connectivity index (χ0v) is 20.7. The zero-order valence-electron chi connectivity index (χ0n) is 19.9. The number of hydrogen-bond donors (Lipinski definition) is 1. The Morgan fingerprint density at radius 2 is 1.92 bits per heavy atom. The molecule has 0 unspecified atom stereocenters. The number of carboxylic acid groups (broad SMARTS) is 1. The first-order valence-corrected chi connectivity index (χ1v) is 12.1. The highest BCUT2D eigenvalue weighted by molar-refractivity contribution is 6.31. The molecule has 0 atom stereocenters. The van der Waals surface area contributed by atoms with Crippen LogP contribution in [0.5, 0.6) is 11.5 Å². The van der Waals surface area contributed by atoms with Gasteiger partial charge in [-0.2, -0.15) is 8.78 Å². The smallest absolute Gasteiger partial charge is 0.387 e. The number of nitrogens with zero attached hydrogens (tertiary/aromatic N) is 2. The standard InChI is InChI=1S/C26H24ClF3N2O5/c1-2-19-16(11-14-5-6-15(12-17(14)27)25(35)32-9-3-4-10-32)24(37-26(29)30)22-20(36-13-21(33)34)8-7-18(28)23(22)31-19/h5-8,12,26H,2-4,9-11,13H2,1H3,(H,33,34). The molecule has 7 nitrogen and oxygen atoms in total. The molecule has 3 aromatic rings. The van der Waals surface area contributed by atoms with Gasteiger partial charge in [0.15, 0.2) is 6.61 Å². The minimum atomic E-state index is -3.26. The second kappa shape index (κ2) is 11.2. The summed E-state index contributed by atoms with van der Waals surface area (Å²) in [7, 11) is 0. The predicted octanol–water partition coefficient (Wildman–Crippen LogP) is 5.48. The number of carboxylic acids is 1. The van der Waals surface area contributed by atoms with Crippen molar-refractivity contribution in [2.45, 2.75) is 39.2 Å². The summed E-state index contributed by atoms with van der Waals surface area (Å²) in [5.74, 6) is -2.78. The van der Waals surface area contributed by atoms with Crippen LogP contribution in [0.15, 0.2) is 30.3 Å². The van der Waals surface area contributed by atoms with Crippen molar-refractivity contribution in [3.8, 4) is 11.5 Å². The number of hydrogen-bond acceptors (Lipinski definition) is 5. The van der Waals surface area contributed by atoms with Crippen LogP contribution in [0.3, 0.4) is 0 Å². The minimum Gasteiger partial charge on any atom is -0.481 e. The molecule has 1 N–H and O–H groups in total. The van der Waals surface area contributed by atoms with E-state index in [0.29, 0.717) is 29.9 Å². The van der Waals surface area contributed by atoms with Crippen molar-refractivity contribution in [3.63, 3.8) is 0 Å². The molecular formula is C26H24ClF3N2O5. The van der Waals surface area contributed by atoms with E-state index in [0.717, 1.165) is 25.0 Å². The van der Waals surface area contributed by atoms with Gasteiger partial charge in [-0.1, -0.05) is 24.6 Å². The number of carbonyl (C=O) groups is 2. The van der Waals surface area contributed by atoms with Crippen LogP contribution in [0.1, 0.15) is 46.9 Å². The maximum atomic E-state index is 14.7. The van der Waals surface area contributed by atoms with E-state index in [1.807, 2.05) is 0 Å². The van der Waals surface area contributed by atoms with E-state index in [2.05, 4.69) is 4.98 Å². The van der Waals surface area contributed by atoms with Gasteiger partial charge in [0, 0.05) is 41.4 Å². The Labute approximate surface area is 215 Å². The molecule has 0 aliphatic carbocycles. The van der Waals surface area contributed by atoms with Crippen LogP contribution in [0.2, 0.25) is 5.02 Å². The minimum absolute atomic E-state index is 0.0138. The van der Waals surface area contributed by atoms with Crippen molar-refractivity contribution in [2.24, 2.45) is 0 Å². The van der Waals surface area contributed by atoms with Gasteiger partial charge in [0.05, 0.1) is 5.39 Å².